The fraction of sp³-hybridized carbons (Fsp3) is 0.500. The Morgan fingerprint density at radius 3 is 2.76 bits per heavy atom. The first-order chi connectivity index (χ1) is 10.1. The largest absolute Gasteiger partial charge is 0.312 e. The van der Waals surface area contributed by atoms with Crippen molar-refractivity contribution >= 4 is 0 Å². The zero-order valence-corrected chi connectivity index (χ0v) is 13.3. The number of hydrogen-bond acceptors (Lipinski definition) is 2. The number of benzene rings is 1. The summed E-state index contributed by atoms with van der Waals surface area (Å²) < 4.78 is 2.01. The number of hydrogen-bond donors (Lipinski definition) is 1. The Morgan fingerprint density at radius 2 is 2.10 bits per heavy atom. The van der Waals surface area contributed by atoms with Gasteiger partial charge in [-0.2, -0.15) is 5.10 Å². The van der Waals surface area contributed by atoms with Gasteiger partial charge in [-0.3, -0.25) is 0 Å². The highest BCUT2D eigenvalue weighted by molar-refractivity contribution is 5.40. The van der Waals surface area contributed by atoms with E-state index in [2.05, 4.69) is 56.6 Å². The molecule has 3 nitrogen and oxygen atoms in total. The van der Waals surface area contributed by atoms with Crippen LogP contribution in [0.2, 0.25) is 0 Å². The second-order valence-corrected chi connectivity index (χ2v) is 6.59. The van der Waals surface area contributed by atoms with Gasteiger partial charge in [-0.05, 0) is 61.6 Å². The zero-order chi connectivity index (χ0) is 14.8. The average molecular weight is 283 g/mol. The van der Waals surface area contributed by atoms with Gasteiger partial charge < -0.3 is 5.32 Å². The number of nitrogens with one attached hydrogen (secondary N) is 1. The summed E-state index contributed by atoms with van der Waals surface area (Å²) in [5.74, 6) is 1.40. The van der Waals surface area contributed by atoms with Crippen LogP contribution in [-0.4, -0.2) is 16.3 Å². The Bertz CT molecular complexity index is 609. The minimum absolute atomic E-state index is 0.689. The molecule has 0 radical (unpaired) electrons. The molecule has 3 heteroatoms. The van der Waals surface area contributed by atoms with E-state index in [1.807, 2.05) is 4.68 Å². The van der Waals surface area contributed by atoms with Gasteiger partial charge in [0.25, 0.3) is 0 Å². The normalized spacial score (nSPS) is 14.9. The number of aryl methyl sites for hydroxylation is 1. The average Bonchev–Trinajstić information content (AvgIpc) is 3.18. The van der Waals surface area contributed by atoms with E-state index in [0.717, 1.165) is 18.8 Å². The molecule has 1 aromatic heterocycles. The van der Waals surface area contributed by atoms with Gasteiger partial charge >= 0.3 is 0 Å². The van der Waals surface area contributed by atoms with Crippen LogP contribution in [0.15, 0.2) is 30.5 Å². The minimum Gasteiger partial charge on any atom is -0.312 e. The second kappa shape index (κ2) is 6.02. The van der Waals surface area contributed by atoms with E-state index in [9.17, 15) is 0 Å². The van der Waals surface area contributed by atoms with Gasteiger partial charge in [0, 0.05) is 18.7 Å². The number of rotatable bonds is 6. The van der Waals surface area contributed by atoms with Crippen LogP contribution in [0.3, 0.4) is 0 Å². The summed E-state index contributed by atoms with van der Waals surface area (Å²) in [5, 5.41) is 8.21. The van der Waals surface area contributed by atoms with Gasteiger partial charge in [-0.15, -0.1) is 0 Å². The molecule has 21 heavy (non-hydrogen) atoms. The predicted octanol–water partition coefficient (Wildman–Crippen LogP) is 3.80. The van der Waals surface area contributed by atoms with Crippen molar-refractivity contribution in [2.24, 2.45) is 5.92 Å². The van der Waals surface area contributed by atoms with Crippen LogP contribution in [0, 0.1) is 12.8 Å². The van der Waals surface area contributed by atoms with Crippen LogP contribution < -0.4 is 5.32 Å². The molecule has 0 bridgehead atoms. The topological polar surface area (TPSA) is 29.9 Å². The Labute approximate surface area is 127 Å². The number of aromatic nitrogens is 2. The standard InChI is InChI=1S/C18H25N3/c1-13(2)11-19-12-16-6-7-17(10-14(16)3)21-9-8-18(20-21)15-4-5-15/h6-10,13,15,19H,4-5,11-12H2,1-3H3. The Morgan fingerprint density at radius 1 is 1.29 bits per heavy atom. The molecule has 2 aromatic rings. The maximum absolute atomic E-state index is 4.70. The van der Waals surface area contributed by atoms with E-state index in [1.165, 1.54) is 29.7 Å². The molecule has 1 aliphatic carbocycles. The van der Waals surface area contributed by atoms with Crippen molar-refractivity contribution in [1.29, 1.82) is 0 Å². The Hall–Kier alpha value is -1.61. The lowest BCUT2D eigenvalue weighted by Gasteiger charge is -2.11. The molecule has 3 rings (SSSR count). The first kappa shape index (κ1) is 14.3. The highest BCUT2D eigenvalue weighted by Crippen LogP contribution is 2.39. The highest BCUT2D eigenvalue weighted by Gasteiger charge is 2.25. The first-order valence-electron chi connectivity index (χ1n) is 7.99. The van der Waals surface area contributed by atoms with Crippen LogP contribution >= 0.6 is 0 Å². The molecular formula is C18H25N3. The minimum atomic E-state index is 0.689. The van der Waals surface area contributed by atoms with E-state index in [1.54, 1.807) is 0 Å². The monoisotopic (exact) mass is 283 g/mol. The maximum Gasteiger partial charge on any atom is 0.0659 e. The smallest absolute Gasteiger partial charge is 0.0659 e. The van der Waals surface area contributed by atoms with E-state index >= 15 is 0 Å². The zero-order valence-electron chi connectivity index (χ0n) is 13.3. The van der Waals surface area contributed by atoms with Crippen molar-refractivity contribution in [3.8, 4) is 5.69 Å². The molecule has 0 aliphatic heterocycles. The molecule has 1 heterocycles. The molecule has 0 atom stereocenters. The van der Waals surface area contributed by atoms with E-state index in [0.29, 0.717) is 11.8 Å². The molecule has 0 saturated heterocycles. The fourth-order valence-corrected chi connectivity index (χ4v) is 2.60. The van der Waals surface area contributed by atoms with Crippen LogP contribution in [0.25, 0.3) is 5.69 Å². The maximum atomic E-state index is 4.70. The number of nitrogens with zero attached hydrogens (tertiary/aromatic N) is 2. The molecule has 1 aromatic carbocycles. The summed E-state index contributed by atoms with van der Waals surface area (Å²) in [5.41, 5.74) is 5.10. The van der Waals surface area contributed by atoms with Crippen LogP contribution in [-0.2, 0) is 6.54 Å². The Balaban J connectivity index is 1.70. The molecule has 1 aliphatic rings. The van der Waals surface area contributed by atoms with E-state index in [4.69, 9.17) is 5.10 Å². The summed E-state index contributed by atoms with van der Waals surface area (Å²) in [6, 6.07) is 8.78. The summed E-state index contributed by atoms with van der Waals surface area (Å²) in [6.45, 7) is 8.65. The molecule has 1 N–H and O–H groups in total. The van der Waals surface area contributed by atoms with Gasteiger partial charge in [0.2, 0.25) is 0 Å². The first-order valence-corrected chi connectivity index (χ1v) is 7.99. The quantitative estimate of drug-likeness (QED) is 0.874. The lowest BCUT2D eigenvalue weighted by atomic mass is 10.1. The summed E-state index contributed by atoms with van der Waals surface area (Å²) in [7, 11) is 0. The lowest BCUT2D eigenvalue weighted by molar-refractivity contribution is 0.551. The third-order valence-corrected chi connectivity index (χ3v) is 4.06. The van der Waals surface area contributed by atoms with Crippen LogP contribution in [0.1, 0.15) is 49.4 Å². The molecular weight excluding hydrogens is 258 g/mol. The molecule has 0 unspecified atom stereocenters. The summed E-state index contributed by atoms with van der Waals surface area (Å²) in [4.78, 5) is 0. The Kier molecular flexibility index (Phi) is 4.11. The summed E-state index contributed by atoms with van der Waals surface area (Å²) in [6.07, 6.45) is 4.69. The van der Waals surface area contributed by atoms with Crippen molar-refractivity contribution in [2.75, 3.05) is 6.54 Å². The van der Waals surface area contributed by atoms with Gasteiger partial charge in [-0.1, -0.05) is 19.9 Å². The SMILES string of the molecule is Cc1cc(-n2ccc(C3CC3)n2)ccc1CNCC(C)C. The molecule has 1 fully saturated rings. The third-order valence-electron chi connectivity index (χ3n) is 4.06. The molecule has 1 saturated carbocycles. The molecule has 0 amide bonds. The van der Waals surface area contributed by atoms with Gasteiger partial charge in [0.1, 0.15) is 0 Å². The predicted molar refractivity (Wildman–Crippen MR) is 86.8 cm³/mol. The van der Waals surface area contributed by atoms with Crippen LogP contribution in [0.4, 0.5) is 0 Å². The van der Waals surface area contributed by atoms with E-state index in [-0.39, 0.29) is 0 Å². The fourth-order valence-electron chi connectivity index (χ4n) is 2.60. The van der Waals surface area contributed by atoms with Crippen LogP contribution in [0.5, 0.6) is 0 Å². The third kappa shape index (κ3) is 3.53. The second-order valence-electron chi connectivity index (χ2n) is 6.59. The van der Waals surface area contributed by atoms with Crippen molar-refractivity contribution < 1.29 is 0 Å². The van der Waals surface area contributed by atoms with Gasteiger partial charge in [0.15, 0.2) is 0 Å². The van der Waals surface area contributed by atoms with Crippen molar-refractivity contribution in [3.63, 3.8) is 0 Å². The molecule has 0 spiro atoms. The van der Waals surface area contributed by atoms with Gasteiger partial charge in [-0.25, -0.2) is 4.68 Å². The van der Waals surface area contributed by atoms with E-state index < -0.39 is 0 Å². The van der Waals surface area contributed by atoms with Crippen molar-refractivity contribution in [2.45, 2.75) is 46.1 Å². The highest BCUT2D eigenvalue weighted by atomic mass is 15.3. The lowest BCUT2D eigenvalue weighted by Crippen LogP contribution is -2.19. The van der Waals surface area contributed by atoms with Crippen molar-refractivity contribution in [3.05, 3.63) is 47.3 Å². The van der Waals surface area contributed by atoms with Crippen molar-refractivity contribution in [1.82, 2.24) is 15.1 Å². The van der Waals surface area contributed by atoms with Gasteiger partial charge in [0.05, 0.1) is 11.4 Å². The molecule has 112 valence electrons. The summed E-state index contributed by atoms with van der Waals surface area (Å²) >= 11 is 0.